The quantitative estimate of drug-likeness (QED) is 0.394. The summed E-state index contributed by atoms with van der Waals surface area (Å²) in [4.78, 5) is 26.3. The van der Waals surface area contributed by atoms with Crippen LogP contribution in [0.3, 0.4) is 0 Å². The first-order valence-electron chi connectivity index (χ1n) is 8.26. The van der Waals surface area contributed by atoms with Gasteiger partial charge in [-0.25, -0.2) is 13.8 Å². The van der Waals surface area contributed by atoms with Gasteiger partial charge in [-0.3, -0.25) is 14.9 Å². The fourth-order valence-corrected chi connectivity index (χ4v) is 3.92. The highest BCUT2D eigenvalue weighted by Crippen LogP contribution is 2.50. The second kappa shape index (κ2) is 8.27. The molecule has 7 nitrogen and oxygen atoms in total. The van der Waals surface area contributed by atoms with Crippen LogP contribution in [0.4, 0.5) is 22.0 Å². The van der Waals surface area contributed by atoms with E-state index in [4.69, 9.17) is 22.1 Å². The van der Waals surface area contributed by atoms with Crippen molar-refractivity contribution in [1.82, 2.24) is 0 Å². The number of hydrogen-bond donors (Lipinski definition) is 1. The van der Waals surface area contributed by atoms with Crippen molar-refractivity contribution in [3.8, 4) is 0 Å². The Kier molecular flexibility index (Phi) is 6.64. The van der Waals surface area contributed by atoms with Crippen molar-refractivity contribution in [2.24, 2.45) is 28.0 Å². The predicted octanol–water partition coefficient (Wildman–Crippen LogP) is 3.25. The topological polar surface area (TPSA) is 108 Å². The Bertz CT molecular complexity index is 692. The maximum atomic E-state index is 12.9. The number of nitro groups is 1. The summed E-state index contributed by atoms with van der Waals surface area (Å²) < 4.78 is 68.9. The Morgan fingerprint density at radius 1 is 1.39 bits per heavy atom. The van der Waals surface area contributed by atoms with Gasteiger partial charge in [-0.15, -0.1) is 0 Å². The summed E-state index contributed by atoms with van der Waals surface area (Å²) in [5.74, 6) is -3.69. The number of amides is 1. The fraction of sp³-hybridized carbons (Fsp3) is 0.733. The van der Waals surface area contributed by atoms with E-state index < -0.39 is 64.4 Å². The van der Waals surface area contributed by atoms with Crippen LogP contribution in [0.1, 0.15) is 25.7 Å². The van der Waals surface area contributed by atoms with E-state index in [1.54, 1.807) is 0 Å². The molecule has 0 bridgehead atoms. The molecular weight excluding hydrogens is 417 g/mol. The zero-order valence-corrected chi connectivity index (χ0v) is 15.1. The average Bonchev–Trinajstić information content (AvgIpc) is 2.58. The number of aliphatic imine (C=N–C) groups is 1. The van der Waals surface area contributed by atoms with Crippen molar-refractivity contribution in [2.45, 2.75) is 44.5 Å². The van der Waals surface area contributed by atoms with Crippen LogP contribution in [-0.4, -0.2) is 41.4 Å². The highest BCUT2D eigenvalue weighted by atomic mass is 35.5. The number of halogens is 6. The van der Waals surface area contributed by atoms with Crippen molar-refractivity contribution in [3.63, 3.8) is 0 Å². The molecule has 1 fully saturated rings. The number of nitrogens with two attached hydrogens (primary N) is 1. The zero-order chi connectivity index (χ0) is 21.3. The number of primary amides is 1. The molecule has 13 heteroatoms. The molecule has 1 saturated carbocycles. The summed E-state index contributed by atoms with van der Waals surface area (Å²) in [6.07, 6.45) is -9.31. The van der Waals surface area contributed by atoms with Crippen LogP contribution in [0, 0.1) is 27.4 Å². The lowest BCUT2D eigenvalue weighted by molar-refractivity contribution is -0.416. The van der Waals surface area contributed by atoms with Gasteiger partial charge in [-0.2, -0.15) is 13.2 Å². The van der Waals surface area contributed by atoms with E-state index in [2.05, 4.69) is 4.99 Å². The number of dihydropyridines is 1. The van der Waals surface area contributed by atoms with Crippen molar-refractivity contribution >= 4 is 22.7 Å². The van der Waals surface area contributed by atoms with E-state index in [1.165, 1.54) is 0 Å². The molecule has 2 rings (SSSR count). The first-order chi connectivity index (χ1) is 12.9. The SMILES string of the molecule is NC(=O)C1(C2CCC(C(F)(F)F)CC2)C=C([N+](=O)[O-])C(Cl)=NC1OCC(F)F. The van der Waals surface area contributed by atoms with Crippen LogP contribution in [0.15, 0.2) is 16.8 Å². The normalized spacial score (nSPS) is 31.3. The predicted molar refractivity (Wildman–Crippen MR) is 87.2 cm³/mol. The van der Waals surface area contributed by atoms with Gasteiger partial charge in [0.25, 0.3) is 6.43 Å². The van der Waals surface area contributed by atoms with Crippen LogP contribution in [0.5, 0.6) is 0 Å². The molecule has 2 N–H and O–H groups in total. The van der Waals surface area contributed by atoms with Crippen LogP contribution < -0.4 is 5.73 Å². The Hall–Kier alpha value is -1.82. The molecule has 0 radical (unpaired) electrons. The maximum absolute atomic E-state index is 12.9. The smallest absolute Gasteiger partial charge is 0.369 e. The first kappa shape index (κ1) is 22.5. The van der Waals surface area contributed by atoms with Gasteiger partial charge in [0, 0.05) is 6.08 Å². The second-order valence-corrected chi connectivity index (χ2v) is 7.03. The van der Waals surface area contributed by atoms with Crippen LogP contribution in [-0.2, 0) is 9.53 Å². The second-order valence-electron chi connectivity index (χ2n) is 6.67. The number of allylic oxidation sites excluding steroid dienone is 1. The van der Waals surface area contributed by atoms with Crippen LogP contribution >= 0.6 is 11.6 Å². The number of carbonyl (C=O) groups excluding carboxylic acids is 1. The zero-order valence-electron chi connectivity index (χ0n) is 14.3. The summed E-state index contributed by atoms with van der Waals surface area (Å²) in [7, 11) is 0. The number of alkyl halides is 5. The minimum atomic E-state index is -4.42. The summed E-state index contributed by atoms with van der Waals surface area (Å²) in [6, 6.07) is 0. The standard InChI is InChI=1S/C15H17ClF5N3O4/c16-11-9(24(26)27)5-14(12(22)25,13(23-11)28-6-10(17)18)7-1-3-8(4-2-7)15(19,20)21/h5,7-8,10,13H,1-4,6H2,(H2,22,25). The van der Waals surface area contributed by atoms with Gasteiger partial charge >= 0.3 is 11.9 Å². The molecule has 0 aromatic rings. The monoisotopic (exact) mass is 433 g/mol. The third kappa shape index (κ3) is 4.43. The Morgan fingerprint density at radius 3 is 2.39 bits per heavy atom. The van der Waals surface area contributed by atoms with E-state index in [0.717, 1.165) is 6.08 Å². The third-order valence-electron chi connectivity index (χ3n) is 5.10. The minimum absolute atomic E-state index is 0.170. The molecule has 1 aliphatic carbocycles. The molecule has 0 aromatic carbocycles. The number of hydrogen-bond acceptors (Lipinski definition) is 5. The Balaban J connectivity index is 2.43. The van der Waals surface area contributed by atoms with Crippen molar-refractivity contribution in [3.05, 3.63) is 21.9 Å². The summed E-state index contributed by atoms with van der Waals surface area (Å²) in [5.41, 5.74) is 2.60. The fourth-order valence-electron chi connectivity index (χ4n) is 3.71. The van der Waals surface area contributed by atoms with Crippen molar-refractivity contribution in [2.75, 3.05) is 6.61 Å². The molecule has 158 valence electrons. The van der Waals surface area contributed by atoms with E-state index in [9.17, 15) is 36.9 Å². The van der Waals surface area contributed by atoms with Gasteiger partial charge in [0.2, 0.25) is 11.1 Å². The van der Waals surface area contributed by atoms with E-state index in [0.29, 0.717) is 0 Å². The van der Waals surface area contributed by atoms with Crippen LogP contribution in [0.25, 0.3) is 0 Å². The lowest BCUT2D eigenvalue weighted by Gasteiger charge is -2.43. The number of rotatable bonds is 6. The molecule has 0 spiro atoms. The molecule has 0 aromatic heterocycles. The Labute approximate surface area is 160 Å². The van der Waals surface area contributed by atoms with E-state index in [-0.39, 0.29) is 25.7 Å². The molecule has 1 aliphatic heterocycles. The Morgan fingerprint density at radius 2 is 1.96 bits per heavy atom. The molecule has 0 saturated heterocycles. The maximum Gasteiger partial charge on any atom is 0.391 e. The summed E-state index contributed by atoms with van der Waals surface area (Å²) in [6.45, 7) is -1.16. The van der Waals surface area contributed by atoms with E-state index in [1.807, 2.05) is 0 Å². The first-order valence-corrected chi connectivity index (χ1v) is 8.64. The summed E-state index contributed by atoms with van der Waals surface area (Å²) in [5, 5.41) is 10.5. The largest absolute Gasteiger partial charge is 0.391 e. The van der Waals surface area contributed by atoms with Gasteiger partial charge in [-0.05, 0) is 31.6 Å². The van der Waals surface area contributed by atoms with Gasteiger partial charge in [0.15, 0.2) is 6.23 Å². The van der Waals surface area contributed by atoms with Gasteiger partial charge in [-0.1, -0.05) is 11.6 Å². The lowest BCUT2D eigenvalue weighted by atomic mass is 9.64. The van der Waals surface area contributed by atoms with Crippen molar-refractivity contribution < 1.29 is 36.4 Å². The highest BCUT2D eigenvalue weighted by Gasteiger charge is 2.56. The van der Waals surface area contributed by atoms with Crippen LogP contribution in [0.2, 0.25) is 0 Å². The molecule has 28 heavy (non-hydrogen) atoms. The van der Waals surface area contributed by atoms with Gasteiger partial charge in [0.1, 0.15) is 12.0 Å². The highest BCUT2D eigenvalue weighted by molar-refractivity contribution is 6.69. The average molecular weight is 434 g/mol. The number of carbonyl (C=O) groups is 1. The minimum Gasteiger partial charge on any atom is -0.369 e. The molecule has 2 atom stereocenters. The molecular formula is C15H17ClF5N3O4. The number of ether oxygens (including phenoxy) is 1. The molecule has 2 aliphatic rings. The lowest BCUT2D eigenvalue weighted by Crippen LogP contribution is -2.54. The van der Waals surface area contributed by atoms with E-state index >= 15 is 0 Å². The van der Waals surface area contributed by atoms with Crippen molar-refractivity contribution in [1.29, 1.82) is 0 Å². The molecule has 1 heterocycles. The van der Waals surface area contributed by atoms with Gasteiger partial charge in [0.05, 0.1) is 10.8 Å². The summed E-state index contributed by atoms with van der Waals surface area (Å²) >= 11 is 5.71. The third-order valence-corrected chi connectivity index (χ3v) is 5.39. The molecule has 2 unspecified atom stereocenters. The molecule has 1 amide bonds. The number of nitrogens with zero attached hydrogens (tertiary/aromatic N) is 2. The van der Waals surface area contributed by atoms with Gasteiger partial charge < -0.3 is 10.5 Å².